The van der Waals surface area contributed by atoms with E-state index in [1.165, 1.54) is 4.88 Å². The number of rotatable bonds is 0. The van der Waals surface area contributed by atoms with E-state index in [0.717, 1.165) is 38.0 Å². The Balaban J connectivity index is 1.95. The number of hydrogen-bond donors (Lipinski definition) is 2. The van der Waals surface area contributed by atoms with Crippen molar-refractivity contribution in [1.82, 2.24) is 10.3 Å². The maximum absolute atomic E-state index is 6.35. The maximum Gasteiger partial charge on any atom is 0.184 e. The number of piperidine rings is 1. The smallest absolute Gasteiger partial charge is 0.184 e. The molecule has 3 nitrogen and oxygen atoms in total. The highest BCUT2D eigenvalue weighted by Crippen LogP contribution is 2.51. The zero-order chi connectivity index (χ0) is 10.5. The van der Waals surface area contributed by atoms with E-state index < -0.39 is 0 Å². The van der Waals surface area contributed by atoms with Crippen molar-refractivity contribution in [2.75, 3.05) is 13.1 Å². The van der Waals surface area contributed by atoms with E-state index >= 15 is 0 Å². The molecule has 0 amide bonds. The van der Waals surface area contributed by atoms with Gasteiger partial charge in [0.05, 0.1) is 5.69 Å². The Morgan fingerprint density at radius 1 is 1.47 bits per heavy atom. The molecular formula is C10H14ClN3S. The fourth-order valence-electron chi connectivity index (χ4n) is 2.84. The molecule has 1 aliphatic heterocycles. The molecule has 0 bridgehead atoms. The Bertz CT molecular complexity index is 384. The van der Waals surface area contributed by atoms with Gasteiger partial charge in [-0.15, -0.1) is 11.3 Å². The van der Waals surface area contributed by atoms with Crippen LogP contribution >= 0.6 is 22.9 Å². The molecule has 82 valence electrons. The van der Waals surface area contributed by atoms with Crippen LogP contribution in [0.2, 0.25) is 4.47 Å². The molecule has 1 aromatic heterocycles. The first-order valence-electron chi connectivity index (χ1n) is 5.33. The van der Waals surface area contributed by atoms with E-state index in [1.54, 1.807) is 11.3 Å². The third-order valence-electron chi connectivity index (χ3n) is 3.76. The van der Waals surface area contributed by atoms with E-state index in [1.807, 2.05) is 0 Å². The number of aromatic nitrogens is 1. The van der Waals surface area contributed by atoms with Crippen LogP contribution in [0.15, 0.2) is 0 Å². The number of halogens is 1. The summed E-state index contributed by atoms with van der Waals surface area (Å²) >= 11 is 7.47. The normalized spacial score (nSPS) is 28.3. The SMILES string of the molecule is N[C@H]1c2sc(Cl)nc2CC12CCNCC2. The molecule has 0 unspecified atom stereocenters. The van der Waals surface area contributed by atoms with E-state index in [2.05, 4.69) is 10.3 Å². The molecule has 1 spiro atoms. The van der Waals surface area contributed by atoms with Crippen LogP contribution in [0.25, 0.3) is 0 Å². The molecule has 1 fully saturated rings. The van der Waals surface area contributed by atoms with Crippen molar-refractivity contribution >= 4 is 22.9 Å². The number of nitrogens with one attached hydrogen (secondary N) is 1. The summed E-state index contributed by atoms with van der Waals surface area (Å²) < 4.78 is 0.638. The number of hydrogen-bond acceptors (Lipinski definition) is 4. The molecule has 3 rings (SSSR count). The average Bonchev–Trinajstić information content (AvgIpc) is 2.68. The summed E-state index contributed by atoms with van der Waals surface area (Å²) in [6, 6.07) is 0.152. The summed E-state index contributed by atoms with van der Waals surface area (Å²) in [5.74, 6) is 0. The van der Waals surface area contributed by atoms with E-state index in [9.17, 15) is 0 Å². The van der Waals surface area contributed by atoms with Gasteiger partial charge in [-0.2, -0.15) is 0 Å². The lowest BCUT2D eigenvalue weighted by Crippen LogP contribution is -2.42. The lowest BCUT2D eigenvalue weighted by molar-refractivity contribution is 0.174. The molecule has 1 atom stereocenters. The zero-order valence-electron chi connectivity index (χ0n) is 8.42. The third-order valence-corrected chi connectivity index (χ3v) is 5.05. The van der Waals surface area contributed by atoms with Crippen LogP contribution in [0.1, 0.15) is 29.5 Å². The second-order valence-electron chi connectivity index (χ2n) is 4.54. The van der Waals surface area contributed by atoms with Crippen LogP contribution in [0.3, 0.4) is 0 Å². The van der Waals surface area contributed by atoms with Gasteiger partial charge < -0.3 is 11.1 Å². The molecular weight excluding hydrogens is 230 g/mol. The molecule has 1 aromatic rings. The van der Waals surface area contributed by atoms with E-state index in [0.29, 0.717) is 4.47 Å². The fraction of sp³-hybridized carbons (Fsp3) is 0.700. The highest BCUT2D eigenvalue weighted by molar-refractivity contribution is 7.16. The van der Waals surface area contributed by atoms with Gasteiger partial charge in [0.1, 0.15) is 0 Å². The summed E-state index contributed by atoms with van der Waals surface area (Å²) in [4.78, 5) is 5.60. The van der Waals surface area contributed by atoms with Gasteiger partial charge in [0.15, 0.2) is 4.47 Å². The van der Waals surface area contributed by atoms with Crippen molar-refractivity contribution in [3.05, 3.63) is 15.0 Å². The van der Waals surface area contributed by atoms with Crippen LogP contribution in [-0.2, 0) is 6.42 Å². The molecule has 0 saturated carbocycles. The van der Waals surface area contributed by atoms with E-state index in [-0.39, 0.29) is 11.5 Å². The van der Waals surface area contributed by atoms with Gasteiger partial charge in [0.2, 0.25) is 0 Å². The Morgan fingerprint density at radius 2 is 2.20 bits per heavy atom. The predicted octanol–water partition coefficient (Wildman–Crippen LogP) is 1.72. The second kappa shape index (κ2) is 3.42. The minimum Gasteiger partial charge on any atom is -0.323 e. The molecule has 15 heavy (non-hydrogen) atoms. The lowest BCUT2D eigenvalue weighted by Gasteiger charge is -2.37. The summed E-state index contributed by atoms with van der Waals surface area (Å²) in [7, 11) is 0. The Kier molecular flexibility index (Phi) is 2.28. The van der Waals surface area contributed by atoms with Gasteiger partial charge in [-0.05, 0) is 37.8 Å². The van der Waals surface area contributed by atoms with Crippen molar-refractivity contribution < 1.29 is 0 Å². The molecule has 1 saturated heterocycles. The monoisotopic (exact) mass is 243 g/mol. The van der Waals surface area contributed by atoms with Crippen molar-refractivity contribution in [2.24, 2.45) is 11.1 Å². The Hall–Kier alpha value is -0.160. The van der Waals surface area contributed by atoms with Crippen molar-refractivity contribution in [3.8, 4) is 0 Å². The van der Waals surface area contributed by atoms with Crippen LogP contribution < -0.4 is 11.1 Å². The summed E-state index contributed by atoms with van der Waals surface area (Å²) in [6.45, 7) is 2.16. The average molecular weight is 244 g/mol. The van der Waals surface area contributed by atoms with Gasteiger partial charge in [-0.3, -0.25) is 0 Å². The quantitative estimate of drug-likeness (QED) is 0.730. The first-order chi connectivity index (χ1) is 7.21. The number of nitrogens with zero attached hydrogens (tertiary/aromatic N) is 1. The predicted molar refractivity (Wildman–Crippen MR) is 62.3 cm³/mol. The summed E-state index contributed by atoms with van der Waals surface area (Å²) in [5, 5.41) is 3.39. The molecule has 2 heterocycles. The standard InChI is InChI=1S/C10H14ClN3S/c11-9-14-6-5-10(1-3-13-4-2-10)8(12)7(6)15-9/h8,13H,1-5,12H2/t8-/m0/s1. The minimum absolute atomic E-state index is 0.152. The topological polar surface area (TPSA) is 50.9 Å². The maximum atomic E-state index is 6.35. The highest BCUT2D eigenvalue weighted by Gasteiger charge is 2.46. The Morgan fingerprint density at radius 3 is 2.87 bits per heavy atom. The fourth-order valence-corrected chi connectivity index (χ4v) is 4.14. The van der Waals surface area contributed by atoms with Crippen LogP contribution in [0, 0.1) is 5.41 Å². The molecule has 0 radical (unpaired) electrons. The number of nitrogens with two attached hydrogens (primary N) is 1. The van der Waals surface area contributed by atoms with Crippen molar-refractivity contribution in [2.45, 2.75) is 25.3 Å². The largest absolute Gasteiger partial charge is 0.323 e. The van der Waals surface area contributed by atoms with Gasteiger partial charge in [0.25, 0.3) is 0 Å². The summed E-state index contributed by atoms with van der Waals surface area (Å²) in [6.07, 6.45) is 3.35. The van der Waals surface area contributed by atoms with E-state index in [4.69, 9.17) is 17.3 Å². The first-order valence-corrected chi connectivity index (χ1v) is 6.52. The first kappa shape index (κ1) is 10.0. The van der Waals surface area contributed by atoms with Crippen molar-refractivity contribution in [3.63, 3.8) is 0 Å². The summed E-state index contributed by atoms with van der Waals surface area (Å²) in [5.41, 5.74) is 7.77. The highest BCUT2D eigenvalue weighted by atomic mass is 35.5. The molecule has 5 heteroatoms. The van der Waals surface area contributed by atoms with Crippen LogP contribution in [0.5, 0.6) is 0 Å². The van der Waals surface area contributed by atoms with Crippen LogP contribution in [-0.4, -0.2) is 18.1 Å². The van der Waals surface area contributed by atoms with Gasteiger partial charge in [-0.1, -0.05) is 11.6 Å². The minimum atomic E-state index is 0.152. The molecule has 2 aliphatic rings. The van der Waals surface area contributed by atoms with Crippen molar-refractivity contribution in [1.29, 1.82) is 0 Å². The van der Waals surface area contributed by atoms with Gasteiger partial charge >= 0.3 is 0 Å². The van der Waals surface area contributed by atoms with Gasteiger partial charge in [0, 0.05) is 10.9 Å². The molecule has 0 aromatic carbocycles. The molecule has 3 N–H and O–H groups in total. The lowest BCUT2D eigenvalue weighted by atomic mass is 9.74. The van der Waals surface area contributed by atoms with Crippen LogP contribution in [0.4, 0.5) is 0 Å². The second-order valence-corrected chi connectivity index (χ2v) is 6.16. The number of fused-ring (bicyclic) bond motifs is 1. The Labute approximate surface area is 98.0 Å². The zero-order valence-corrected chi connectivity index (χ0v) is 10.00. The third kappa shape index (κ3) is 1.43. The number of thiazole rings is 1. The molecule has 1 aliphatic carbocycles. The van der Waals surface area contributed by atoms with Gasteiger partial charge in [-0.25, -0.2) is 4.98 Å².